The van der Waals surface area contributed by atoms with Crippen LogP contribution in [0.4, 0.5) is 16.4 Å². The van der Waals surface area contributed by atoms with Gasteiger partial charge in [0.25, 0.3) is 0 Å². The van der Waals surface area contributed by atoms with Crippen LogP contribution >= 0.6 is 0 Å². The molecule has 0 spiro atoms. The second-order valence-corrected chi connectivity index (χ2v) is 7.60. The van der Waals surface area contributed by atoms with Crippen LogP contribution in [-0.2, 0) is 24.0 Å². The fraction of sp³-hybridized carbons (Fsp3) is 0.500. The Morgan fingerprint density at radius 1 is 1.14 bits per heavy atom. The van der Waals surface area contributed by atoms with Crippen LogP contribution in [0.1, 0.15) is 29.4 Å². The van der Waals surface area contributed by atoms with Gasteiger partial charge >= 0.3 is 6.03 Å². The zero-order chi connectivity index (χ0) is 20.2. The van der Waals surface area contributed by atoms with Gasteiger partial charge in [0.1, 0.15) is 0 Å². The molecule has 1 fully saturated rings. The molecule has 2 aromatic rings. The van der Waals surface area contributed by atoms with Crippen molar-refractivity contribution in [3.63, 3.8) is 0 Å². The maximum atomic E-state index is 12.8. The molecule has 1 aromatic heterocycles. The summed E-state index contributed by atoms with van der Waals surface area (Å²) >= 11 is 0. The van der Waals surface area contributed by atoms with E-state index >= 15 is 0 Å². The van der Waals surface area contributed by atoms with Gasteiger partial charge in [-0.15, -0.1) is 0 Å². The van der Waals surface area contributed by atoms with Crippen molar-refractivity contribution >= 4 is 17.7 Å². The van der Waals surface area contributed by atoms with Gasteiger partial charge in [0.05, 0.1) is 18.9 Å². The van der Waals surface area contributed by atoms with Crippen molar-refractivity contribution < 1.29 is 9.53 Å². The second kappa shape index (κ2) is 8.78. The Morgan fingerprint density at radius 2 is 1.93 bits per heavy atom. The maximum absolute atomic E-state index is 12.8. The van der Waals surface area contributed by atoms with Gasteiger partial charge in [-0.05, 0) is 43.0 Å². The van der Waals surface area contributed by atoms with E-state index in [0.29, 0.717) is 26.3 Å². The highest BCUT2D eigenvalue weighted by Gasteiger charge is 2.23. The number of aromatic nitrogens is 2. The minimum Gasteiger partial charge on any atom is -0.378 e. The first-order chi connectivity index (χ1) is 14.1. The summed E-state index contributed by atoms with van der Waals surface area (Å²) in [5, 5.41) is 3.05. The third-order valence-corrected chi connectivity index (χ3v) is 5.71. The van der Waals surface area contributed by atoms with Crippen molar-refractivity contribution in [2.45, 2.75) is 33.1 Å². The molecule has 7 nitrogen and oxygen atoms in total. The highest BCUT2D eigenvalue weighted by atomic mass is 16.5. The molecule has 29 heavy (non-hydrogen) atoms. The lowest BCUT2D eigenvalue weighted by molar-refractivity contribution is 0.122. The molecule has 0 saturated carbocycles. The van der Waals surface area contributed by atoms with Gasteiger partial charge < -0.3 is 19.9 Å². The lowest BCUT2D eigenvalue weighted by Gasteiger charge is -2.27. The predicted octanol–water partition coefficient (Wildman–Crippen LogP) is 2.82. The zero-order valence-corrected chi connectivity index (χ0v) is 17.3. The lowest BCUT2D eigenvalue weighted by atomic mass is 10.1. The molecule has 2 aliphatic heterocycles. The third-order valence-electron chi connectivity index (χ3n) is 5.71. The smallest absolute Gasteiger partial charge is 0.321 e. The molecule has 0 radical (unpaired) electrons. The number of rotatable bonds is 3. The van der Waals surface area contributed by atoms with Gasteiger partial charge in [0.2, 0.25) is 5.95 Å². The number of ether oxygens (including phenoxy) is 1. The molecule has 154 valence electrons. The van der Waals surface area contributed by atoms with Crippen LogP contribution < -0.4 is 10.2 Å². The van der Waals surface area contributed by atoms with Crippen molar-refractivity contribution in [2.24, 2.45) is 0 Å². The molecule has 0 bridgehead atoms. The average Bonchev–Trinajstić information content (AvgIpc) is 2.97. The van der Waals surface area contributed by atoms with Crippen molar-refractivity contribution in [3.05, 3.63) is 46.8 Å². The fourth-order valence-corrected chi connectivity index (χ4v) is 3.95. The van der Waals surface area contributed by atoms with Crippen LogP contribution in [0.3, 0.4) is 0 Å². The monoisotopic (exact) mass is 395 g/mol. The SMILES string of the molecule is CCc1cccc(NC(=O)N2CCc3nc(N4CCOCC4)nc(C)c3CC2)c1. The summed E-state index contributed by atoms with van der Waals surface area (Å²) in [6, 6.07) is 7.98. The molecular weight excluding hydrogens is 366 g/mol. The molecule has 0 unspecified atom stereocenters. The number of hydrogen-bond acceptors (Lipinski definition) is 5. The first-order valence-electron chi connectivity index (χ1n) is 10.5. The number of amides is 2. The molecule has 4 rings (SSSR count). The van der Waals surface area contributed by atoms with Gasteiger partial charge in [-0.25, -0.2) is 14.8 Å². The van der Waals surface area contributed by atoms with Gasteiger partial charge in [-0.1, -0.05) is 19.1 Å². The Bertz CT molecular complexity index is 880. The molecule has 1 N–H and O–H groups in total. The Labute approximate surface area is 172 Å². The van der Waals surface area contributed by atoms with Gasteiger partial charge in [0, 0.05) is 44.0 Å². The zero-order valence-electron chi connectivity index (χ0n) is 17.3. The molecule has 2 aliphatic rings. The molecule has 1 saturated heterocycles. The number of urea groups is 1. The van der Waals surface area contributed by atoms with E-state index in [1.165, 1.54) is 11.1 Å². The molecule has 7 heteroatoms. The summed E-state index contributed by atoms with van der Waals surface area (Å²) in [5.74, 6) is 0.791. The topological polar surface area (TPSA) is 70.6 Å². The van der Waals surface area contributed by atoms with Crippen molar-refractivity contribution in [2.75, 3.05) is 49.6 Å². The van der Waals surface area contributed by atoms with Crippen molar-refractivity contribution in [3.8, 4) is 0 Å². The minimum absolute atomic E-state index is 0.0509. The lowest BCUT2D eigenvalue weighted by Crippen LogP contribution is -2.37. The Balaban J connectivity index is 1.45. The van der Waals surface area contributed by atoms with E-state index in [2.05, 4.69) is 30.1 Å². The van der Waals surface area contributed by atoms with Crippen LogP contribution in [0, 0.1) is 6.92 Å². The first-order valence-corrected chi connectivity index (χ1v) is 10.5. The van der Waals surface area contributed by atoms with Crippen LogP contribution in [-0.4, -0.2) is 60.3 Å². The molecule has 1 aromatic carbocycles. The number of anilines is 2. The van der Waals surface area contributed by atoms with Crippen molar-refractivity contribution in [1.82, 2.24) is 14.9 Å². The van der Waals surface area contributed by atoms with E-state index in [9.17, 15) is 4.79 Å². The van der Waals surface area contributed by atoms with E-state index < -0.39 is 0 Å². The molecule has 0 atom stereocenters. The normalized spacial score (nSPS) is 16.9. The van der Waals surface area contributed by atoms with Crippen LogP contribution in [0.15, 0.2) is 24.3 Å². The summed E-state index contributed by atoms with van der Waals surface area (Å²) in [6.07, 6.45) is 2.48. The summed E-state index contributed by atoms with van der Waals surface area (Å²) in [7, 11) is 0. The maximum Gasteiger partial charge on any atom is 0.321 e. The molecule has 3 heterocycles. The number of morpholine rings is 1. The standard InChI is InChI=1S/C22H29N5O2/c1-3-17-5-4-6-18(15-17)24-22(28)27-9-7-19-16(2)23-21(25-20(19)8-10-27)26-11-13-29-14-12-26/h4-6,15H,3,7-14H2,1-2H3,(H,24,28). The molecular formula is C22H29N5O2. The summed E-state index contributed by atoms with van der Waals surface area (Å²) in [6.45, 7) is 8.57. The Kier molecular flexibility index (Phi) is 5.94. The van der Waals surface area contributed by atoms with Crippen molar-refractivity contribution in [1.29, 1.82) is 0 Å². The number of benzene rings is 1. The Morgan fingerprint density at radius 3 is 2.72 bits per heavy atom. The average molecular weight is 396 g/mol. The van der Waals surface area contributed by atoms with Crippen LogP contribution in [0.5, 0.6) is 0 Å². The number of nitrogens with one attached hydrogen (secondary N) is 1. The minimum atomic E-state index is -0.0509. The van der Waals surface area contributed by atoms with Gasteiger partial charge in [0.15, 0.2) is 0 Å². The van der Waals surface area contributed by atoms with E-state index in [1.54, 1.807) is 0 Å². The number of fused-ring (bicyclic) bond motifs is 1. The van der Waals surface area contributed by atoms with E-state index in [-0.39, 0.29) is 6.03 Å². The van der Waals surface area contributed by atoms with Gasteiger partial charge in [-0.2, -0.15) is 0 Å². The van der Waals surface area contributed by atoms with E-state index in [0.717, 1.165) is 55.4 Å². The second-order valence-electron chi connectivity index (χ2n) is 7.60. The third kappa shape index (κ3) is 4.50. The Hall–Kier alpha value is -2.67. The number of nitrogens with zero attached hydrogens (tertiary/aromatic N) is 4. The number of aryl methyl sites for hydroxylation is 2. The number of carbonyl (C=O) groups is 1. The first kappa shape index (κ1) is 19.6. The molecule has 2 amide bonds. The van der Waals surface area contributed by atoms with E-state index in [4.69, 9.17) is 14.7 Å². The summed E-state index contributed by atoms with van der Waals surface area (Å²) in [4.78, 5) is 26.5. The highest BCUT2D eigenvalue weighted by molar-refractivity contribution is 5.89. The quantitative estimate of drug-likeness (QED) is 0.865. The van der Waals surface area contributed by atoms with Gasteiger partial charge in [-0.3, -0.25) is 0 Å². The fourth-order valence-electron chi connectivity index (χ4n) is 3.95. The summed E-state index contributed by atoms with van der Waals surface area (Å²) < 4.78 is 5.44. The number of hydrogen-bond donors (Lipinski definition) is 1. The van der Waals surface area contributed by atoms with E-state index in [1.807, 2.05) is 23.1 Å². The largest absolute Gasteiger partial charge is 0.378 e. The summed E-state index contributed by atoms with van der Waals surface area (Å²) in [5.41, 5.74) is 5.34. The van der Waals surface area contributed by atoms with Crippen LogP contribution in [0.25, 0.3) is 0 Å². The van der Waals surface area contributed by atoms with Crippen LogP contribution in [0.2, 0.25) is 0 Å². The molecule has 0 aliphatic carbocycles. The highest BCUT2D eigenvalue weighted by Crippen LogP contribution is 2.22. The number of carbonyl (C=O) groups excluding carboxylic acids is 1. The predicted molar refractivity (Wildman–Crippen MR) is 114 cm³/mol.